The quantitative estimate of drug-likeness (QED) is 0.391. The highest BCUT2D eigenvalue weighted by Crippen LogP contribution is 2.18. The largest absolute Gasteiger partial charge is 0.465 e. The molecule has 0 aliphatic carbocycles. The highest BCUT2D eigenvalue weighted by molar-refractivity contribution is 5.95. The third-order valence-electron chi connectivity index (χ3n) is 3.01. The van der Waals surface area contributed by atoms with Crippen molar-refractivity contribution in [1.82, 2.24) is 0 Å². The molecular weight excluding hydrogens is 268 g/mol. The number of hydrogen-bond acceptors (Lipinski definition) is 4. The fourth-order valence-electron chi connectivity index (χ4n) is 2.07. The summed E-state index contributed by atoms with van der Waals surface area (Å²) in [6, 6.07) is 0. The summed E-state index contributed by atoms with van der Waals surface area (Å²) in [6.07, 6.45) is 1.99. The Morgan fingerprint density at radius 1 is 0.952 bits per heavy atom. The van der Waals surface area contributed by atoms with Crippen LogP contribution in [0, 0.1) is 17.8 Å². The van der Waals surface area contributed by atoms with Crippen LogP contribution in [0.25, 0.3) is 0 Å². The van der Waals surface area contributed by atoms with E-state index in [4.69, 9.17) is 9.47 Å². The molecule has 0 spiro atoms. The van der Waals surface area contributed by atoms with Gasteiger partial charge in [-0.15, -0.1) is 5.73 Å². The van der Waals surface area contributed by atoms with E-state index in [2.05, 4.69) is 33.4 Å². The van der Waals surface area contributed by atoms with E-state index >= 15 is 0 Å². The fourth-order valence-corrected chi connectivity index (χ4v) is 2.07. The molecule has 0 amide bonds. The fraction of sp³-hybridized carbons (Fsp3) is 0.706. The van der Waals surface area contributed by atoms with Gasteiger partial charge in [0.1, 0.15) is 0 Å². The minimum absolute atomic E-state index is 0.248. The molecule has 120 valence electrons. The van der Waals surface area contributed by atoms with Gasteiger partial charge in [0.2, 0.25) is 0 Å². The summed E-state index contributed by atoms with van der Waals surface area (Å²) in [4.78, 5) is 23.7. The molecule has 0 aromatic carbocycles. The average Bonchev–Trinajstić information content (AvgIpc) is 2.38. The lowest BCUT2D eigenvalue weighted by Gasteiger charge is -2.13. The lowest BCUT2D eigenvalue weighted by atomic mass is 9.93. The first kappa shape index (κ1) is 19.5. The third kappa shape index (κ3) is 7.14. The number of hydrogen-bond donors (Lipinski definition) is 0. The van der Waals surface area contributed by atoms with E-state index in [0.29, 0.717) is 11.8 Å². The van der Waals surface area contributed by atoms with Crippen molar-refractivity contribution in [3.63, 3.8) is 0 Å². The van der Waals surface area contributed by atoms with Crippen LogP contribution in [0.5, 0.6) is 0 Å². The number of carbonyl (C=O) groups is 2. The van der Waals surface area contributed by atoms with E-state index in [0.717, 1.165) is 0 Å². The van der Waals surface area contributed by atoms with Crippen LogP contribution < -0.4 is 0 Å². The van der Waals surface area contributed by atoms with Gasteiger partial charge >= 0.3 is 11.9 Å². The van der Waals surface area contributed by atoms with Gasteiger partial charge in [-0.05, 0) is 43.8 Å². The summed E-state index contributed by atoms with van der Waals surface area (Å²) < 4.78 is 9.86. The van der Waals surface area contributed by atoms with Crippen LogP contribution in [0.4, 0.5) is 0 Å². The van der Waals surface area contributed by atoms with Gasteiger partial charge in [-0.1, -0.05) is 27.7 Å². The molecule has 0 heterocycles. The molecule has 0 aliphatic heterocycles. The number of ether oxygens (including phenoxy) is 2. The Morgan fingerprint density at radius 2 is 1.38 bits per heavy atom. The van der Waals surface area contributed by atoms with Crippen molar-refractivity contribution in [2.75, 3.05) is 13.2 Å². The molecule has 0 radical (unpaired) electrons. The van der Waals surface area contributed by atoms with Gasteiger partial charge in [0, 0.05) is 0 Å². The van der Waals surface area contributed by atoms with Crippen LogP contribution in [-0.2, 0) is 19.1 Å². The van der Waals surface area contributed by atoms with Gasteiger partial charge in [0.25, 0.3) is 0 Å². The lowest BCUT2D eigenvalue weighted by Crippen LogP contribution is -2.27. The molecule has 0 saturated heterocycles. The first-order valence-electron chi connectivity index (χ1n) is 7.63. The lowest BCUT2D eigenvalue weighted by molar-refractivity contribution is -0.161. The Kier molecular flexibility index (Phi) is 9.48. The topological polar surface area (TPSA) is 52.6 Å². The summed E-state index contributed by atoms with van der Waals surface area (Å²) in [6.45, 7) is 12.3. The molecule has 0 aromatic rings. The first-order chi connectivity index (χ1) is 9.84. The predicted octanol–water partition coefficient (Wildman–Crippen LogP) is 3.51. The Morgan fingerprint density at radius 3 is 1.71 bits per heavy atom. The van der Waals surface area contributed by atoms with E-state index in [1.807, 2.05) is 0 Å². The van der Waals surface area contributed by atoms with E-state index < -0.39 is 17.9 Å². The Hall–Kier alpha value is -1.54. The average molecular weight is 296 g/mol. The van der Waals surface area contributed by atoms with Crippen LogP contribution >= 0.6 is 0 Å². The zero-order valence-electron chi connectivity index (χ0n) is 14.1. The van der Waals surface area contributed by atoms with Crippen LogP contribution in [0.15, 0.2) is 17.4 Å². The first-order valence-corrected chi connectivity index (χ1v) is 7.63. The summed E-state index contributed by atoms with van der Waals surface area (Å²) in [5.74, 6) is -1.22. The molecule has 0 N–H and O–H groups in total. The van der Waals surface area contributed by atoms with Gasteiger partial charge in [-0.3, -0.25) is 9.59 Å². The highest BCUT2D eigenvalue weighted by Gasteiger charge is 2.28. The minimum atomic E-state index is -0.905. The number of carbonyl (C=O) groups excluding carboxylic acids is 2. The molecule has 0 unspecified atom stereocenters. The molecule has 0 bridgehead atoms. The SMILES string of the molecule is CCOC(=O)C(CC=C=C(C(C)C)C(C)C)C(=O)OCC. The summed E-state index contributed by atoms with van der Waals surface area (Å²) in [5.41, 5.74) is 4.39. The van der Waals surface area contributed by atoms with Gasteiger partial charge in [-0.25, -0.2) is 0 Å². The molecule has 0 rings (SSSR count). The van der Waals surface area contributed by atoms with Crippen LogP contribution in [-0.4, -0.2) is 25.2 Å². The molecule has 0 atom stereocenters. The van der Waals surface area contributed by atoms with E-state index in [9.17, 15) is 9.59 Å². The second-order valence-electron chi connectivity index (χ2n) is 5.41. The maximum Gasteiger partial charge on any atom is 0.320 e. The highest BCUT2D eigenvalue weighted by atomic mass is 16.6. The monoisotopic (exact) mass is 296 g/mol. The molecule has 0 aromatic heterocycles. The Bertz CT molecular complexity index is 373. The van der Waals surface area contributed by atoms with Crippen molar-refractivity contribution in [2.24, 2.45) is 17.8 Å². The number of allylic oxidation sites excluding steroid dienone is 1. The number of rotatable bonds is 8. The summed E-state index contributed by atoms with van der Waals surface area (Å²) in [7, 11) is 0. The van der Waals surface area contributed by atoms with Crippen LogP contribution in [0.3, 0.4) is 0 Å². The normalized spacial score (nSPS) is 10.5. The summed E-state index contributed by atoms with van der Waals surface area (Å²) in [5, 5.41) is 0. The third-order valence-corrected chi connectivity index (χ3v) is 3.01. The number of esters is 2. The second kappa shape index (κ2) is 10.2. The molecule has 21 heavy (non-hydrogen) atoms. The Balaban J connectivity index is 5.09. The van der Waals surface area contributed by atoms with Crippen molar-refractivity contribution in [3.05, 3.63) is 17.4 Å². The zero-order valence-corrected chi connectivity index (χ0v) is 14.1. The van der Waals surface area contributed by atoms with Gasteiger partial charge in [-0.2, -0.15) is 0 Å². The smallest absolute Gasteiger partial charge is 0.320 e. The zero-order chi connectivity index (χ0) is 16.4. The van der Waals surface area contributed by atoms with Crippen LogP contribution in [0.2, 0.25) is 0 Å². The molecule has 0 fully saturated rings. The molecule has 4 nitrogen and oxygen atoms in total. The van der Waals surface area contributed by atoms with Crippen LogP contribution in [0.1, 0.15) is 48.0 Å². The van der Waals surface area contributed by atoms with Crippen molar-refractivity contribution in [1.29, 1.82) is 0 Å². The second-order valence-corrected chi connectivity index (χ2v) is 5.41. The van der Waals surface area contributed by atoms with Gasteiger partial charge in [0.05, 0.1) is 13.2 Å². The van der Waals surface area contributed by atoms with E-state index in [1.165, 1.54) is 5.57 Å². The maximum atomic E-state index is 11.8. The Labute approximate surface area is 128 Å². The molecule has 4 heteroatoms. The standard InChI is InChI=1S/C17H28O4/c1-7-20-16(18)15(17(19)21-8-2)11-9-10-14(12(3)4)13(5)6/h9,12-13,15H,7-8,11H2,1-6H3. The maximum absolute atomic E-state index is 11.8. The van der Waals surface area contributed by atoms with Crippen molar-refractivity contribution in [3.8, 4) is 0 Å². The van der Waals surface area contributed by atoms with Crippen molar-refractivity contribution < 1.29 is 19.1 Å². The van der Waals surface area contributed by atoms with Gasteiger partial charge < -0.3 is 9.47 Å². The van der Waals surface area contributed by atoms with Gasteiger partial charge in [0.15, 0.2) is 5.92 Å². The molecule has 0 aliphatic rings. The van der Waals surface area contributed by atoms with Crippen molar-refractivity contribution in [2.45, 2.75) is 48.0 Å². The summed E-state index contributed by atoms with van der Waals surface area (Å²) >= 11 is 0. The molecule has 0 saturated carbocycles. The predicted molar refractivity (Wildman–Crippen MR) is 82.6 cm³/mol. The van der Waals surface area contributed by atoms with E-state index in [1.54, 1.807) is 19.9 Å². The van der Waals surface area contributed by atoms with E-state index in [-0.39, 0.29) is 19.6 Å². The van der Waals surface area contributed by atoms with Crippen molar-refractivity contribution >= 4 is 11.9 Å². The minimum Gasteiger partial charge on any atom is -0.465 e. The molecular formula is C17H28O4.